The first kappa shape index (κ1) is 20.6. The summed E-state index contributed by atoms with van der Waals surface area (Å²) in [6, 6.07) is 7.59. The van der Waals surface area contributed by atoms with Crippen LogP contribution < -0.4 is 10.9 Å². The van der Waals surface area contributed by atoms with E-state index in [1.807, 2.05) is 6.19 Å². The van der Waals surface area contributed by atoms with Crippen molar-refractivity contribution in [3.05, 3.63) is 46.9 Å². The molecule has 1 saturated heterocycles. The van der Waals surface area contributed by atoms with Crippen LogP contribution in [0.5, 0.6) is 0 Å². The molecule has 4 rings (SSSR count). The maximum Gasteiger partial charge on any atom is 0.261 e. The Bertz CT molecular complexity index is 1170. The van der Waals surface area contributed by atoms with Gasteiger partial charge in [0.15, 0.2) is 15.7 Å². The number of nitrogens with zero attached hydrogens (tertiary/aromatic N) is 3. The van der Waals surface area contributed by atoms with E-state index in [2.05, 4.69) is 15.4 Å². The molecule has 0 radical (unpaired) electrons. The Balaban J connectivity index is 0.000000343. The van der Waals surface area contributed by atoms with Gasteiger partial charge in [0.1, 0.15) is 5.39 Å². The van der Waals surface area contributed by atoms with Crippen LogP contribution in [0.25, 0.3) is 10.9 Å². The van der Waals surface area contributed by atoms with Gasteiger partial charge in [-0.2, -0.15) is 9.94 Å². The van der Waals surface area contributed by atoms with Crippen molar-refractivity contribution < 1.29 is 13.2 Å². The lowest BCUT2D eigenvalue weighted by atomic mass is 10.2. The molecule has 0 amide bonds. The van der Waals surface area contributed by atoms with Gasteiger partial charge in [-0.15, -0.1) is 5.10 Å². The van der Waals surface area contributed by atoms with E-state index in [1.54, 1.807) is 18.2 Å². The Hall–Kier alpha value is -3.16. The summed E-state index contributed by atoms with van der Waals surface area (Å²) in [5, 5.41) is 16.3. The molecule has 1 fully saturated rings. The van der Waals surface area contributed by atoms with Crippen LogP contribution >= 0.6 is 0 Å². The number of sulfone groups is 1. The average Bonchev–Trinajstić information content (AvgIpc) is 3.08. The summed E-state index contributed by atoms with van der Waals surface area (Å²) in [5.74, 6) is 0.218. The number of anilines is 2. The fourth-order valence-corrected chi connectivity index (χ4v) is 3.48. The summed E-state index contributed by atoms with van der Waals surface area (Å²) in [6.45, 7) is 2.00. The number of nitrogens with one attached hydrogen (secondary N) is 2. The molecule has 29 heavy (non-hydrogen) atoms. The Morgan fingerprint density at radius 1 is 1.17 bits per heavy atom. The van der Waals surface area contributed by atoms with Gasteiger partial charge in [-0.25, -0.2) is 8.42 Å². The highest BCUT2D eigenvalue weighted by Crippen LogP contribution is 2.23. The molecular weight excluding hydrogens is 394 g/mol. The molecule has 0 bridgehead atoms. The van der Waals surface area contributed by atoms with Gasteiger partial charge in [-0.1, -0.05) is 0 Å². The molecule has 0 aliphatic carbocycles. The number of hydrogen-bond acceptors (Lipinski definition) is 7. The monoisotopic (exact) mass is 415 g/mol. The topological polar surface area (TPSA) is 130 Å². The predicted molar refractivity (Wildman–Crippen MR) is 109 cm³/mol. The fraction of sp³-hybridized carbons (Fsp3) is 0.316. The van der Waals surface area contributed by atoms with Crippen molar-refractivity contribution in [2.24, 2.45) is 0 Å². The zero-order valence-electron chi connectivity index (χ0n) is 15.9. The minimum atomic E-state index is -3.28. The summed E-state index contributed by atoms with van der Waals surface area (Å²) in [6.07, 6.45) is 8.35. The summed E-state index contributed by atoms with van der Waals surface area (Å²) in [7, 11) is -3.28. The number of fused-ring (bicyclic) bond motifs is 1. The number of nitriles is 1. The second-order valence-corrected chi connectivity index (χ2v) is 8.54. The number of aromatic amines is 1. The Morgan fingerprint density at radius 2 is 1.86 bits per heavy atom. The first-order valence-electron chi connectivity index (χ1n) is 9.05. The summed E-state index contributed by atoms with van der Waals surface area (Å²) >= 11 is 0. The molecule has 0 spiro atoms. The van der Waals surface area contributed by atoms with Crippen LogP contribution in [0.15, 0.2) is 46.2 Å². The summed E-state index contributed by atoms with van der Waals surface area (Å²) in [5.41, 5.74) is 0.552. The number of H-pyrrole nitrogens is 1. The van der Waals surface area contributed by atoms with Crippen LogP contribution in [0.3, 0.4) is 0 Å². The van der Waals surface area contributed by atoms with E-state index >= 15 is 0 Å². The van der Waals surface area contributed by atoms with Gasteiger partial charge in [0.05, 0.1) is 10.4 Å². The Kier molecular flexibility index (Phi) is 6.31. The third kappa shape index (κ3) is 5.01. The zero-order valence-corrected chi connectivity index (χ0v) is 16.7. The van der Waals surface area contributed by atoms with Crippen LogP contribution in [0.1, 0.15) is 19.3 Å². The molecule has 1 aliphatic heterocycles. The molecular formula is C19H21N5O4S. The van der Waals surface area contributed by atoms with Crippen LogP contribution in [0.4, 0.5) is 11.5 Å². The van der Waals surface area contributed by atoms with E-state index in [0.717, 1.165) is 24.2 Å². The van der Waals surface area contributed by atoms with Gasteiger partial charge in [0.2, 0.25) is 6.19 Å². The molecule has 2 N–H and O–H groups in total. The number of rotatable bonds is 3. The number of hydrogen-bond donors (Lipinski definition) is 2. The predicted octanol–water partition coefficient (Wildman–Crippen LogP) is 2.39. The zero-order chi connectivity index (χ0) is 20.9. The largest absolute Gasteiger partial charge is 0.381 e. The van der Waals surface area contributed by atoms with Crippen LogP contribution in [-0.4, -0.2) is 42.7 Å². The van der Waals surface area contributed by atoms with Crippen molar-refractivity contribution in [1.82, 2.24) is 14.8 Å². The quantitative estimate of drug-likeness (QED) is 0.672. The minimum absolute atomic E-state index is 0.188. The third-order valence-corrected chi connectivity index (χ3v) is 5.45. The normalized spacial score (nSPS) is 13.9. The van der Waals surface area contributed by atoms with Crippen molar-refractivity contribution in [3.8, 4) is 6.19 Å². The van der Waals surface area contributed by atoms with Crippen LogP contribution in [0, 0.1) is 11.5 Å². The summed E-state index contributed by atoms with van der Waals surface area (Å²) in [4.78, 5) is 14.7. The van der Waals surface area contributed by atoms with E-state index in [0.29, 0.717) is 11.2 Å². The molecule has 0 atom stereocenters. The van der Waals surface area contributed by atoms with Gasteiger partial charge in [0.25, 0.3) is 5.56 Å². The van der Waals surface area contributed by atoms with Gasteiger partial charge in [0, 0.05) is 31.4 Å². The van der Waals surface area contributed by atoms with Crippen molar-refractivity contribution in [2.45, 2.75) is 24.2 Å². The molecule has 1 aliphatic rings. The third-order valence-electron chi connectivity index (χ3n) is 4.32. The number of pyridine rings is 1. The van der Waals surface area contributed by atoms with E-state index in [4.69, 9.17) is 10.00 Å². The van der Waals surface area contributed by atoms with Gasteiger partial charge >= 0.3 is 0 Å². The standard InChI is InChI=1S/C14H11N5O3S.C5H10O/c1-23(21,22)10-4-2-9(3-5-10)17-13-12-11(19(8-15)18-13)6-7-16-14(12)20;1-2-4-6-5-3-1/h2-7H,1H3,(H,16,20)(H,17,18);1-5H2. The summed E-state index contributed by atoms with van der Waals surface area (Å²) < 4.78 is 29.0. The second-order valence-electron chi connectivity index (χ2n) is 6.52. The van der Waals surface area contributed by atoms with Crippen molar-refractivity contribution >= 4 is 32.2 Å². The first-order valence-corrected chi connectivity index (χ1v) is 10.9. The average molecular weight is 415 g/mol. The SMILES string of the molecule is C1CCOCC1.CS(=O)(=O)c1ccc(Nc2nn(C#N)c3cc[nH]c(=O)c23)cc1. The van der Waals surface area contributed by atoms with Crippen molar-refractivity contribution in [1.29, 1.82) is 5.26 Å². The molecule has 3 heterocycles. The lowest BCUT2D eigenvalue weighted by molar-refractivity contribution is 0.0968. The number of aromatic nitrogens is 3. The highest BCUT2D eigenvalue weighted by Gasteiger charge is 2.14. The van der Waals surface area contributed by atoms with E-state index in [1.165, 1.54) is 37.6 Å². The van der Waals surface area contributed by atoms with E-state index < -0.39 is 9.84 Å². The molecule has 0 unspecified atom stereocenters. The highest BCUT2D eigenvalue weighted by atomic mass is 32.2. The van der Waals surface area contributed by atoms with Gasteiger partial charge in [-0.05, 0) is 49.6 Å². The second kappa shape index (κ2) is 8.89. The molecule has 152 valence electrons. The molecule has 3 aromatic rings. The smallest absolute Gasteiger partial charge is 0.261 e. The van der Waals surface area contributed by atoms with Gasteiger partial charge < -0.3 is 15.0 Å². The van der Waals surface area contributed by atoms with Crippen molar-refractivity contribution in [3.63, 3.8) is 0 Å². The molecule has 2 aromatic heterocycles. The lowest BCUT2D eigenvalue weighted by Gasteiger charge is -2.08. The fourth-order valence-electron chi connectivity index (χ4n) is 2.85. The maximum atomic E-state index is 12.0. The Morgan fingerprint density at radius 3 is 2.38 bits per heavy atom. The number of benzene rings is 1. The number of ether oxygens (including phenoxy) is 1. The minimum Gasteiger partial charge on any atom is -0.381 e. The highest BCUT2D eigenvalue weighted by molar-refractivity contribution is 7.90. The maximum absolute atomic E-state index is 12.0. The molecule has 0 saturated carbocycles. The Labute approximate surface area is 167 Å². The molecule has 10 heteroatoms. The van der Waals surface area contributed by atoms with Gasteiger partial charge in [-0.3, -0.25) is 4.79 Å². The van der Waals surface area contributed by atoms with Crippen LogP contribution in [-0.2, 0) is 14.6 Å². The lowest BCUT2D eigenvalue weighted by Crippen LogP contribution is -2.05. The van der Waals surface area contributed by atoms with Crippen molar-refractivity contribution in [2.75, 3.05) is 24.8 Å². The molecule has 1 aromatic carbocycles. The van der Waals surface area contributed by atoms with Crippen LogP contribution in [0.2, 0.25) is 0 Å². The first-order chi connectivity index (χ1) is 13.9. The molecule has 9 nitrogen and oxygen atoms in total. The van der Waals surface area contributed by atoms with E-state index in [-0.39, 0.29) is 21.7 Å². The van der Waals surface area contributed by atoms with E-state index in [9.17, 15) is 13.2 Å².